The largest absolute Gasteiger partial charge is 0.345 e. The Balaban J connectivity index is 1.69. The molecule has 0 radical (unpaired) electrons. The molecule has 28 heavy (non-hydrogen) atoms. The van der Waals surface area contributed by atoms with Gasteiger partial charge in [-0.05, 0) is 49.1 Å². The summed E-state index contributed by atoms with van der Waals surface area (Å²) in [6, 6.07) is 9.27. The van der Waals surface area contributed by atoms with E-state index in [9.17, 15) is 14.4 Å². The van der Waals surface area contributed by atoms with E-state index in [-0.39, 0.29) is 37.4 Å². The summed E-state index contributed by atoms with van der Waals surface area (Å²) >= 11 is 0. The molecule has 0 aliphatic carbocycles. The normalized spacial score (nSPS) is 14.7. The molecule has 1 fully saturated rings. The number of imide groups is 1. The highest BCUT2D eigenvalue weighted by molar-refractivity contribution is 6.01. The number of aromatic nitrogens is 1. The fourth-order valence-electron chi connectivity index (χ4n) is 3.28. The summed E-state index contributed by atoms with van der Waals surface area (Å²) in [5.74, 6) is -0.384. The molecule has 1 aliphatic heterocycles. The first-order valence-corrected chi connectivity index (χ1v) is 9.30. The van der Waals surface area contributed by atoms with Crippen molar-refractivity contribution in [3.8, 4) is 0 Å². The van der Waals surface area contributed by atoms with Crippen molar-refractivity contribution in [2.75, 3.05) is 13.1 Å². The molecule has 2 heterocycles. The number of nitrogens with one attached hydrogen (secondary N) is 2. The van der Waals surface area contributed by atoms with Crippen LogP contribution in [0.25, 0.3) is 0 Å². The van der Waals surface area contributed by atoms with E-state index in [1.807, 2.05) is 38.1 Å². The van der Waals surface area contributed by atoms with Crippen LogP contribution in [0, 0.1) is 13.8 Å². The monoisotopic (exact) mass is 380 g/mol. The molecular formula is C21H24N4O3. The van der Waals surface area contributed by atoms with Crippen molar-refractivity contribution in [2.45, 2.75) is 32.7 Å². The molecule has 4 amide bonds. The summed E-state index contributed by atoms with van der Waals surface area (Å²) < 4.78 is 0. The standard InChI is InChI=1S/C21H24N4O3/c1-14-5-6-15(2)17(12-14)20(16-7-9-22-10-8-16)24-18(26)4-3-11-25-19(27)13-23-21(25)28/h5-10,12,20H,3-4,11,13H2,1-2H3,(H,23,28)(H,24,26)/t20-/m0/s1. The third kappa shape index (κ3) is 4.54. The molecule has 146 valence electrons. The summed E-state index contributed by atoms with van der Waals surface area (Å²) in [6.07, 6.45) is 4.05. The molecule has 1 aromatic heterocycles. The highest BCUT2D eigenvalue weighted by Crippen LogP contribution is 2.26. The maximum absolute atomic E-state index is 12.6. The Morgan fingerprint density at radius 1 is 1.21 bits per heavy atom. The zero-order valence-corrected chi connectivity index (χ0v) is 16.1. The number of urea groups is 1. The molecule has 7 nitrogen and oxygen atoms in total. The van der Waals surface area contributed by atoms with Crippen molar-refractivity contribution in [1.29, 1.82) is 0 Å². The van der Waals surface area contributed by atoms with Gasteiger partial charge in [0.15, 0.2) is 0 Å². The Hall–Kier alpha value is -3.22. The maximum atomic E-state index is 12.6. The van der Waals surface area contributed by atoms with E-state index in [4.69, 9.17) is 0 Å². The number of carbonyl (C=O) groups excluding carboxylic acids is 3. The van der Waals surface area contributed by atoms with E-state index in [0.29, 0.717) is 6.42 Å². The summed E-state index contributed by atoms with van der Waals surface area (Å²) in [5.41, 5.74) is 4.19. The van der Waals surface area contributed by atoms with Gasteiger partial charge in [-0.15, -0.1) is 0 Å². The molecule has 2 aromatic rings. The van der Waals surface area contributed by atoms with Crippen molar-refractivity contribution in [1.82, 2.24) is 20.5 Å². The van der Waals surface area contributed by atoms with Crippen LogP contribution in [0.3, 0.4) is 0 Å². The number of aryl methyl sites for hydroxylation is 2. The molecule has 0 spiro atoms. The predicted molar refractivity (Wildman–Crippen MR) is 104 cm³/mol. The zero-order valence-electron chi connectivity index (χ0n) is 16.1. The van der Waals surface area contributed by atoms with E-state index >= 15 is 0 Å². The summed E-state index contributed by atoms with van der Waals surface area (Å²) in [7, 11) is 0. The quantitative estimate of drug-likeness (QED) is 0.721. The predicted octanol–water partition coefficient (Wildman–Crippen LogP) is 2.24. The fraction of sp³-hybridized carbons (Fsp3) is 0.333. The van der Waals surface area contributed by atoms with Gasteiger partial charge in [-0.25, -0.2) is 4.79 Å². The van der Waals surface area contributed by atoms with Crippen molar-refractivity contribution < 1.29 is 14.4 Å². The SMILES string of the molecule is Cc1ccc(C)c([C@@H](NC(=O)CCCN2C(=O)CNC2=O)c2ccncc2)c1. The van der Waals surface area contributed by atoms with Crippen LogP contribution in [-0.2, 0) is 9.59 Å². The van der Waals surface area contributed by atoms with Crippen LogP contribution in [0.5, 0.6) is 0 Å². The van der Waals surface area contributed by atoms with Gasteiger partial charge < -0.3 is 10.6 Å². The first kappa shape index (κ1) is 19.5. The van der Waals surface area contributed by atoms with Gasteiger partial charge in [0, 0.05) is 25.4 Å². The lowest BCUT2D eigenvalue weighted by atomic mass is 9.94. The third-order valence-corrected chi connectivity index (χ3v) is 4.81. The third-order valence-electron chi connectivity index (χ3n) is 4.81. The minimum absolute atomic E-state index is 0.0295. The van der Waals surface area contributed by atoms with Gasteiger partial charge in [0.2, 0.25) is 11.8 Å². The lowest BCUT2D eigenvalue weighted by Gasteiger charge is -2.22. The van der Waals surface area contributed by atoms with Gasteiger partial charge in [0.1, 0.15) is 0 Å². The summed E-state index contributed by atoms with van der Waals surface area (Å²) in [6.45, 7) is 4.31. The number of benzene rings is 1. The first-order chi connectivity index (χ1) is 13.5. The first-order valence-electron chi connectivity index (χ1n) is 9.30. The fourth-order valence-corrected chi connectivity index (χ4v) is 3.28. The average Bonchev–Trinajstić information content (AvgIpc) is 3.01. The number of hydrogen-bond acceptors (Lipinski definition) is 4. The van der Waals surface area contributed by atoms with Crippen LogP contribution < -0.4 is 10.6 Å². The van der Waals surface area contributed by atoms with Crippen LogP contribution in [0.15, 0.2) is 42.7 Å². The topological polar surface area (TPSA) is 91.4 Å². The van der Waals surface area contributed by atoms with E-state index in [1.165, 1.54) is 0 Å². The second-order valence-electron chi connectivity index (χ2n) is 6.95. The van der Waals surface area contributed by atoms with E-state index in [0.717, 1.165) is 27.2 Å². The van der Waals surface area contributed by atoms with E-state index in [1.54, 1.807) is 12.4 Å². The molecule has 1 saturated heterocycles. The zero-order chi connectivity index (χ0) is 20.1. The molecule has 0 saturated carbocycles. The van der Waals surface area contributed by atoms with Gasteiger partial charge >= 0.3 is 6.03 Å². The molecule has 1 atom stereocenters. The highest BCUT2D eigenvalue weighted by atomic mass is 16.2. The van der Waals surface area contributed by atoms with Gasteiger partial charge in [0.25, 0.3) is 0 Å². The Labute approximate surface area is 164 Å². The number of amides is 4. The average molecular weight is 380 g/mol. The van der Waals surface area contributed by atoms with Crippen LogP contribution in [-0.4, -0.2) is 40.8 Å². The van der Waals surface area contributed by atoms with E-state index < -0.39 is 6.03 Å². The summed E-state index contributed by atoms with van der Waals surface area (Å²) in [5, 5.41) is 5.57. The lowest BCUT2D eigenvalue weighted by molar-refractivity contribution is -0.126. The summed E-state index contributed by atoms with van der Waals surface area (Å²) in [4.78, 5) is 41.0. The van der Waals surface area contributed by atoms with Crippen LogP contribution in [0.2, 0.25) is 0 Å². The molecule has 2 N–H and O–H groups in total. The number of nitrogens with zero attached hydrogens (tertiary/aromatic N) is 2. The van der Waals surface area contributed by atoms with Gasteiger partial charge in [-0.1, -0.05) is 23.8 Å². The Morgan fingerprint density at radius 2 is 1.96 bits per heavy atom. The lowest BCUT2D eigenvalue weighted by Crippen LogP contribution is -2.34. The molecule has 3 rings (SSSR count). The minimum atomic E-state index is -0.393. The molecule has 0 unspecified atom stereocenters. The van der Waals surface area contributed by atoms with Crippen LogP contribution in [0.4, 0.5) is 4.79 Å². The van der Waals surface area contributed by atoms with Crippen molar-refractivity contribution in [3.05, 3.63) is 65.0 Å². The van der Waals surface area contributed by atoms with Crippen molar-refractivity contribution in [2.24, 2.45) is 0 Å². The van der Waals surface area contributed by atoms with Gasteiger partial charge in [-0.3, -0.25) is 19.5 Å². The maximum Gasteiger partial charge on any atom is 0.324 e. The Kier molecular flexibility index (Phi) is 6.03. The number of pyridine rings is 1. The second kappa shape index (κ2) is 8.65. The molecule has 7 heteroatoms. The van der Waals surface area contributed by atoms with Gasteiger partial charge in [0.05, 0.1) is 12.6 Å². The van der Waals surface area contributed by atoms with Crippen molar-refractivity contribution >= 4 is 17.8 Å². The Bertz CT molecular complexity index is 866. The molecular weight excluding hydrogens is 356 g/mol. The smallest absolute Gasteiger partial charge is 0.324 e. The van der Waals surface area contributed by atoms with E-state index in [2.05, 4.69) is 21.7 Å². The molecule has 1 aromatic carbocycles. The number of carbonyl (C=O) groups is 3. The Morgan fingerprint density at radius 3 is 2.64 bits per heavy atom. The van der Waals surface area contributed by atoms with Crippen molar-refractivity contribution in [3.63, 3.8) is 0 Å². The molecule has 1 aliphatic rings. The minimum Gasteiger partial charge on any atom is -0.345 e. The van der Waals surface area contributed by atoms with Gasteiger partial charge in [-0.2, -0.15) is 0 Å². The number of rotatable bonds is 7. The van der Waals surface area contributed by atoms with Crippen LogP contribution in [0.1, 0.15) is 41.1 Å². The molecule has 0 bridgehead atoms. The number of hydrogen-bond donors (Lipinski definition) is 2. The second-order valence-corrected chi connectivity index (χ2v) is 6.95. The highest BCUT2D eigenvalue weighted by Gasteiger charge is 2.28. The van der Waals surface area contributed by atoms with Crippen LogP contribution >= 0.6 is 0 Å².